The SMILES string of the molecule is COc1c(C)c(C)c(CC(C)=O)c(C)c1OC.II. The highest BCUT2D eigenvalue weighted by Gasteiger charge is 2.19. The third kappa shape index (κ3) is 4.47. The first-order valence-corrected chi connectivity index (χ1v) is 12.1. The summed E-state index contributed by atoms with van der Waals surface area (Å²) in [6, 6.07) is 0. The summed E-state index contributed by atoms with van der Waals surface area (Å²) >= 11 is 4.24. The summed E-state index contributed by atoms with van der Waals surface area (Å²) in [4.78, 5) is 11.3. The first-order valence-electron chi connectivity index (χ1n) is 5.78. The molecule has 0 heterocycles. The van der Waals surface area contributed by atoms with Crippen LogP contribution in [0.5, 0.6) is 11.5 Å². The minimum absolute atomic E-state index is 0.155. The Morgan fingerprint density at radius 1 is 0.947 bits per heavy atom. The molecule has 0 aliphatic rings. The molecule has 0 unspecified atom stereocenters. The number of Topliss-reactive ketones (excluding diaryl/α,β-unsaturated/α-hetero) is 1. The molecule has 108 valence electrons. The fourth-order valence-electron chi connectivity index (χ4n) is 2.16. The van der Waals surface area contributed by atoms with Gasteiger partial charge in [-0.25, -0.2) is 0 Å². The Morgan fingerprint density at radius 3 is 1.74 bits per heavy atom. The van der Waals surface area contributed by atoms with Crippen LogP contribution in [0.3, 0.4) is 0 Å². The number of benzene rings is 1. The topological polar surface area (TPSA) is 35.5 Å². The van der Waals surface area contributed by atoms with Crippen molar-refractivity contribution >= 4 is 43.0 Å². The van der Waals surface area contributed by atoms with Crippen LogP contribution in [0.15, 0.2) is 0 Å². The fraction of sp³-hybridized carbons (Fsp3) is 0.500. The van der Waals surface area contributed by atoms with Crippen LogP contribution >= 0.6 is 37.2 Å². The summed E-state index contributed by atoms with van der Waals surface area (Å²) in [5.74, 6) is 1.64. The number of ether oxygens (including phenoxy) is 2. The van der Waals surface area contributed by atoms with Gasteiger partial charge < -0.3 is 9.47 Å². The zero-order valence-corrected chi connectivity index (χ0v) is 16.5. The molecule has 19 heavy (non-hydrogen) atoms. The van der Waals surface area contributed by atoms with Crippen molar-refractivity contribution < 1.29 is 14.3 Å². The van der Waals surface area contributed by atoms with Crippen LogP contribution < -0.4 is 9.47 Å². The van der Waals surface area contributed by atoms with Gasteiger partial charge in [0.1, 0.15) is 5.78 Å². The lowest BCUT2D eigenvalue weighted by Gasteiger charge is -2.19. The lowest BCUT2D eigenvalue weighted by atomic mass is 9.93. The average molecular weight is 490 g/mol. The summed E-state index contributed by atoms with van der Waals surface area (Å²) in [6.07, 6.45) is 0.443. The predicted molar refractivity (Wildman–Crippen MR) is 96.2 cm³/mol. The van der Waals surface area contributed by atoms with Crippen LogP contribution in [-0.4, -0.2) is 20.0 Å². The van der Waals surface area contributed by atoms with E-state index in [1.54, 1.807) is 21.1 Å². The molecular weight excluding hydrogens is 470 g/mol. The summed E-state index contributed by atoms with van der Waals surface area (Å²) in [5, 5.41) is 0. The lowest BCUT2D eigenvalue weighted by Crippen LogP contribution is -2.07. The van der Waals surface area contributed by atoms with Gasteiger partial charge in [-0.2, -0.15) is 0 Å². The summed E-state index contributed by atoms with van der Waals surface area (Å²) in [7, 11) is 3.26. The zero-order valence-electron chi connectivity index (χ0n) is 12.2. The molecule has 1 aromatic rings. The van der Waals surface area contributed by atoms with Crippen molar-refractivity contribution in [1.29, 1.82) is 0 Å². The number of halogens is 2. The Balaban J connectivity index is 0.00000154. The molecule has 0 N–H and O–H groups in total. The molecule has 0 fully saturated rings. The Labute approximate surface area is 138 Å². The largest absolute Gasteiger partial charge is 0.493 e. The number of carbonyl (C=O) groups excluding carboxylic acids is 1. The van der Waals surface area contributed by atoms with Gasteiger partial charge in [0.15, 0.2) is 11.5 Å². The van der Waals surface area contributed by atoms with Crippen molar-refractivity contribution in [3.63, 3.8) is 0 Å². The van der Waals surface area contributed by atoms with E-state index in [0.717, 1.165) is 33.8 Å². The van der Waals surface area contributed by atoms with E-state index < -0.39 is 0 Å². The highest BCUT2D eigenvalue weighted by Crippen LogP contribution is 2.39. The second-order valence-electron chi connectivity index (χ2n) is 4.30. The number of carbonyl (C=O) groups is 1. The molecule has 0 aromatic heterocycles. The lowest BCUT2D eigenvalue weighted by molar-refractivity contribution is -0.116. The smallest absolute Gasteiger partial charge is 0.164 e. The van der Waals surface area contributed by atoms with E-state index >= 15 is 0 Å². The summed E-state index contributed by atoms with van der Waals surface area (Å²) in [5.41, 5.74) is 4.18. The van der Waals surface area contributed by atoms with Gasteiger partial charge in [-0.05, 0) is 49.9 Å². The van der Waals surface area contributed by atoms with Crippen molar-refractivity contribution in [1.82, 2.24) is 0 Å². The molecule has 1 rings (SSSR count). The molecule has 5 heteroatoms. The van der Waals surface area contributed by atoms with E-state index in [2.05, 4.69) is 37.2 Å². The Hall–Kier alpha value is -0.0500. The van der Waals surface area contributed by atoms with Crippen LogP contribution in [0.2, 0.25) is 0 Å². The quantitative estimate of drug-likeness (QED) is 0.583. The van der Waals surface area contributed by atoms with E-state index in [1.165, 1.54) is 0 Å². The summed E-state index contributed by atoms with van der Waals surface area (Å²) < 4.78 is 10.8. The maximum absolute atomic E-state index is 11.3. The molecule has 0 aliphatic heterocycles. The molecule has 3 nitrogen and oxygen atoms in total. The summed E-state index contributed by atoms with van der Waals surface area (Å²) in [6.45, 7) is 7.57. The maximum Gasteiger partial charge on any atom is 0.164 e. The monoisotopic (exact) mass is 490 g/mol. The molecule has 0 bridgehead atoms. The molecular formula is C14H20I2O3. The van der Waals surface area contributed by atoms with Crippen LogP contribution in [0, 0.1) is 20.8 Å². The van der Waals surface area contributed by atoms with Gasteiger partial charge in [0.2, 0.25) is 0 Å². The van der Waals surface area contributed by atoms with Gasteiger partial charge in [0, 0.05) is 43.7 Å². The molecule has 1 aromatic carbocycles. The van der Waals surface area contributed by atoms with Gasteiger partial charge in [-0.3, -0.25) is 4.79 Å². The van der Waals surface area contributed by atoms with Crippen molar-refractivity contribution in [2.45, 2.75) is 34.1 Å². The van der Waals surface area contributed by atoms with Crippen LogP contribution in [-0.2, 0) is 11.2 Å². The minimum Gasteiger partial charge on any atom is -0.493 e. The minimum atomic E-state index is 0.155. The standard InChI is InChI=1S/C14H20O3.I2/c1-8(15)7-12-9(2)10(3)13(16-5)14(17-6)11(12)4;1-2/h7H2,1-6H3;. The number of hydrogen-bond acceptors (Lipinski definition) is 3. The first-order chi connectivity index (χ1) is 8.93. The van der Waals surface area contributed by atoms with E-state index in [1.807, 2.05) is 20.8 Å². The third-order valence-electron chi connectivity index (χ3n) is 3.19. The number of rotatable bonds is 4. The Kier molecular flexibility index (Phi) is 8.97. The molecule has 0 spiro atoms. The number of methoxy groups -OCH3 is 2. The van der Waals surface area contributed by atoms with E-state index in [9.17, 15) is 4.79 Å². The Bertz CT molecular complexity index is 457. The molecule has 0 aliphatic carbocycles. The maximum atomic E-state index is 11.3. The molecule has 0 amide bonds. The molecule has 0 radical (unpaired) electrons. The van der Waals surface area contributed by atoms with Gasteiger partial charge in [-0.15, -0.1) is 0 Å². The van der Waals surface area contributed by atoms with Gasteiger partial charge in [-0.1, -0.05) is 0 Å². The van der Waals surface area contributed by atoms with Crippen molar-refractivity contribution in [2.75, 3.05) is 14.2 Å². The van der Waals surface area contributed by atoms with Crippen LogP contribution in [0.25, 0.3) is 0 Å². The van der Waals surface area contributed by atoms with Crippen LogP contribution in [0.4, 0.5) is 0 Å². The average Bonchev–Trinajstić information content (AvgIpc) is 2.40. The van der Waals surface area contributed by atoms with Crippen molar-refractivity contribution in [3.8, 4) is 11.5 Å². The fourth-order valence-corrected chi connectivity index (χ4v) is 2.16. The highest BCUT2D eigenvalue weighted by atomic mass is 128. The second kappa shape index (κ2) is 8.99. The molecule has 0 atom stereocenters. The van der Waals surface area contributed by atoms with E-state index in [0.29, 0.717) is 6.42 Å². The van der Waals surface area contributed by atoms with Gasteiger partial charge in [0.05, 0.1) is 14.2 Å². The zero-order chi connectivity index (χ0) is 15.2. The van der Waals surface area contributed by atoms with Gasteiger partial charge in [0.25, 0.3) is 0 Å². The molecule has 0 saturated heterocycles. The van der Waals surface area contributed by atoms with E-state index in [-0.39, 0.29) is 5.78 Å². The Morgan fingerprint density at radius 2 is 1.37 bits per heavy atom. The van der Waals surface area contributed by atoms with Crippen molar-refractivity contribution in [2.24, 2.45) is 0 Å². The molecule has 0 saturated carbocycles. The van der Waals surface area contributed by atoms with E-state index in [4.69, 9.17) is 9.47 Å². The number of hydrogen-bond donors (Lipinski definition) is 0. The normalized spacial score (nSPS) is 9.47. The highest BCUT2D eigenvalue weighted by molar-refractivity contribution is 15.0. The second-order valence-corrected chi connectivity index (χ2v) is 4.30. The van der Waals surface area contributed by atoms with Crippen LogP contribution in [0.1, 0.15) is 29.2 Å². The first kappa shape index (κ1) is 18.9. The predicted octanol–water partition coefficient (Wildman–Crippen LogP) is 4.53. The third-order valence-corrected chi connectivity index (χ3v) is 3.19. The van der Waals surface area contributed by atoms with Crippen molar-refractivity contribution in [3.05, 3.63) is 22.3 Å². The van der Waals surface area contributed by atoms with Gasteiger partial charge >= 0.3 is 0 Å². The number of ketones is 1.